The van der Waals surface area contributed by atoms with Crippen LogP contribution >= 0.6 is 0 Å². The maximum Gasteiger partial charge on any atom is 0.238 e. The topological polar surface area (TPSA) is 52.9 Å². The summed E-state index contributed by atoms with van der Waals surface area (Å²) in [4.78, 5) is 11.5. The van der Waals surface area contributed by atoms with E-state index in [0.29, 0.717) is 6.42 Å². The van der Waals surface area contributed by atoms with E-state index in [9.17, 15) is 4.79 Å². The minimum Gasteiger partial charge on any atom is -0.339 e. The second-order valence-corrected chi connectivity index (χ2v) is 3.73. The van der Waals surface area contributed by atoms with Crippen molar-refractivity contribution in [3.05, 3.63) is 0 Å². The zero-order chi connectivity index (χ0) is 11.2. The van der Waals surface area contributed by atoms with Gasteiger partial charge in [-0.1, -0.05) is 19.3 Å². The molecule has 0 aliphatic rings. The van der Waals surface area contributed by atoms with Gasteiger partial charge in [0.15, 0.2) is 0 Å². The highest BCUT2D eigenvalue weighted by molar-refractivity contribution is 5.82. The van der Waals surface area contributed by atoms with E-state index in [4.69, 9.17) is 11.7 Å². The molecule has 0 aliphatic carbocycles. The molecule has 3 heteroatoms. The van der Waals surface area contributed by atoms with Gasteiger partial charge in [-0.05, 0) is 20.3 Å². The Morgan fingerprint density at radius 1 is 1.64 bits per heavy atom. The molecular formula is C11H16N2O. The molecule has 0 fully saturated rings. The molecule has 1 amide bonds. The van der Waals surface area contributed by atoms with Gasteiger partial charge in [0.25, 0.3) is 0 Å². The van der Waals surface area contributed by atoms with Crippen LogP contribution in [0.15, 0.2) is 0 Å². The molecule has 0 aromatic heterocycles. The molecule has 1 N–H and O–H groups in total. The summed E-state index contributed by atoms with van der Waals surface area (Å²) in [5.74, 6) is 1.58. The van der Waals surface area contributed by atoms with Crippen LogP contribution in [0.1, 0.15) is 33.6 Å². The third-order valence-corrected chi connectivity index (χ3v) is 1.85. The smallest absolute Gasteiger partial charge is 0.238 e. The Kier molecular flexibility index (Phi) is 4.73. The van der Waals surface area contributed by atoms with E-state index >= 15 is 0 Å². The Hall–Kier alpha value is -1.48. The van der Waals surface area contributed by atoms with Crippen LogP contribution in [0.5, 0.6) is 0 Å². The van der Waals surface area contributed by atoms with E-state index < -0.39 is 11.5 Å². The van der Waals surface area contributed by atoms with Crippen LogP contribution in [-0.2, 0) is 4.79 Å². The van der Waals surface area contributed by atoms with Crippen molar-refractivity contribution in [2.75, 3.05) is 0 Å². The summed E-state index contributed by atoms with van der Waals surface area (Å²) >= 11 is 0. The van der Waals surface area contributed by atoms with Crippen molar-refractivity contribution in [2.24, 2.45) is 5.92 Å². The summed E-state index contributed by atoms with van der Waals surface area (Å²) in [6, 6.07) is 1.97. The van der Waals surface area contributed by atoms with Gasteiger partial charge in [0.1, 0.15) is 5.92 Å². The first-order chi connectivity index (χ1) is 6.46. The summed E-state index contributed by atoms with van der Waals surface area (Å²) in [5.41, 5.74) is -0.681. The molecule has 14 heavy (non-hydrogen) atoms. The number of hydrogen-bond donors (Lipinski definition) is 1. The maximum absolute atomic E-state index is 11.5. The fourth-order valence-electron chi connectivity index (χ4n) is 0.974. The fraction of sp³-hybridized carbons (Fsp3) is 0.636. The summed E-state index contributed by atoms with van der Waals surface area (Å²) in [5, 5.41) is 11.4. The number of nitrogens with one attached hydrogen (secondary N) is 1. The van der Waals surface area contributed by atoms with Crippen LogP contribution in [0, 0.1) is 29.6 Å². The first-order valence-electron chi connectivity index (χ1n) is 4.66. The summed E-state index contributed by atoms with van der Waals surface area (Å²) in [6.07, 6.45) is 6.60. The second-order valence-electron chi connectivity index (χ2n) is 3.73. The molecule has 0 heterocycles. The third kappa shape index (κ3) is 3.96. The molecule has 0 saturated carbocycles. The van der Waals surface area contributed by atoms with Crippen molar-refractivity contribution >= 4 is 5.91 Å². The number of rotatable bonds is 4. The molecule has 1 unspecified atom stereocenters. The molecule has 3 nitrogen and oxygen atoms in total. The third-order valence-electron chi connectivity index (χ3n) is 1.85. The first-order valence-corrected chi connectivity index (χ1v) is 4.66. The van der Waals surface area contributed by atoms with Crippen molar-refractivity contribution in [1.82, 2.24) is 5.32 Å². The van der Waals surface area contributed by atoms with E-state index in [1.807, 2.05) is 13.0 Å². The average Bonchev–Trinajstić information content (AvgIpc) is 2.13. The first kappa shape index (κ1) is 12.5. The number of amides is 1. The zero-order valence-corrected chi connectivity index (χ0v) is 8.92. The monoisotopic (exact) mass is 192 g/mol. The van der Waals surface area contributed by atoms with Crippen molar-refractivity contribution in [1.29, 1.82) is 5.26 Å². The second kappa shape index (κ2) is 5.29. The lowest BCUT2D eigenvalue weighted by molar-refractivity contribution is -0.124. The molecule has 0 bridgehead atoms. The van der Waals surface area contributed by atoms with Gasteiger partial charge in [0, 0.05) is 0 Å². The van der Waals surface area contributed by atoms with E-state index in [1.165, 1.54) is 0 Å². The summed E-state index contributed by atoms with van der Waals surface area (Å²) in [7, 11) is 0. The van der Waals surface area contributed by atoms with Crippen LogP contribution in [-0.4, -0.2) is 11.4 Å². The normalized spacial score (nSPS) is 12.4. The van der Waals surface area contributed by atoms with Crippen LogP contribution in [0.3, 0.4) is 0 Å². The number of terminal acetylenes is 1. The fourth-order valence-corrected chi connectivity index (χ4v) is 0.974. The summed E-state index contributed by atoms with van der Waals surface area (Å²) in [6.45, 7) is 5.39. The largest absolute Gasteiger partial charge is 0.339 e. The quantitative estimate of drug-likeness (QED) is 0.685. The molecule has 1 atom stereocenters. The predicted molar refractivity (Wildman–Crippen MR) is 55.1 cm³/mol. The van der Waals surface area contributed by atoms with Crippen LogP contribution in [0.4, 0.5) is 0 Å². The minimum absolute atomic E-state index is 0.280. The van der Waals surface area contributed by atoms with Crippen LogP contribution in [0.25, 0.3) is 0 Å². The Morgan fingerprint density at radius 2 is 2.21 bits per heavy atom. The Balaban J connectivity index is 4.35. The van der Waals surface area contributed by atoms with Gasteiger partial charge in [-0.15, -0.1) is 6.42 Å². The van der Waals surface area contributed by atoms with Crippen molar-refractivity contribution in [3.63, 3.8) is 0 Å². The molecule has 0 rings (SSSR count). The van der Waals surface area contributed by atoms with E-state index in [0.717, 1.165) is 6.42 Å². The lowest BCUT2D eigenvalue weighted by Gasteiger charge is -2.21. The highest BCUT2D eigenvalue weighted by Gasteiger charge is 2.23. The van der Waals surface area contributed by atoms with E-state index in [2.05, 4.69) is 11.2 Å². The van der Waals surface area contributed by atoms with Gasteiger partial charge in [0.05, 0.1) is 11.6 Å². The Morgan fingerprint density at radius 3 is 2.57 bits per heavy atom. The molecule has 0 saturated heterocycles. The average molecular weight is 192 g/mol. The van der Waals surface area contributed by atoms with Gasteiger partial charge < -0.3 is 5.32 Å². The van der Waals surface area contributed by atoms with Gasteiger partial charge in [-0.3, -0.25) is 4.79 Å². The SMILES string of the molecule is C#CC(C)(C)NC(=O)C(C#N)CCC. The van der Waals surface area contributed by atoms with E-state index in [-0.39, 0.29) is 5.91 Å². The highest BCUT2D eigenvalue weighted by atomic mass is 16.2. The van der Waals surface area contributed by atoms with Gasteiger partial charge >= 0.3 is 0 Å². The lowest BCUT2D eigenvalue weighted by atomic mass is 10.0. The summed E-state index contributed by atoms with van der Waals surface area (Å²) < 4.78 is 0. The molecule has 0 aliphatic heterocycles. The van der Waals surface area contributed by atoms with E-state index in [1.54, 1.807) is 13.8 Å². The Bertz CT molecular complexity index is 281. The predicted octanol–water partition coefficient (Wildman–Crippen LogP) is 1.45. The number of carbonyl (C=O) groups is 1. The van der Waals surface area contributed by atoms with Crippen molar-refractivity contribution in [3.8, 4) is 18.4 Å². The minimum atomic E-state index is -0.681. The molecular weight excluding hydrogens is 176 g/mol. The van der Waals surface area contributed by atoms with Crippen molar-refractivity contribution < 1.29 is 4.79 Å². The molecule has 0 aromatic carbocycles. The zero-order valence-electron chi connectivity index (χ0n) is 8.92. The molecule has 76 valence electrons. The van der Waals surface area contributed by atoms with Crippen LogP contribution in [0.2, 0.25) is 0 Å². The van der Waals surface area contributed by atoms with Crippen molar-refractivity contribution in [2.45, 2.75) is 39.2 Å². The standard InChI is InChI=1S/C11H16N2O/c1-5-7-9(8-12)10(14)13-11(3,4)6-2/h2,9H,5,7H2,1,3-4H3,(H,13,14). The maximum atomic E-state index is 11.5. The number of nitrogens with zero attached hydrogens (tertiary/aromatic N) is 1. The molecule has 0 radical (unpaired) electrons. The van der Waals surface area contributed by atoms with Gasteiger partial charge in [-0.2, -0.15) is 5.26 Å². The van der Waals surface area contributed by atoms with Gasteiger partial charge in [0.2, 0.25) is 5.91 Å². The Labute approximate surface area is 85.5 Å². The number of hydrogen-bond acceptors (Lipinski definition) is 2. The lowest BCUT2D eigenvalue weighted by Crippen LogP contribution is -2.44. The van der Waals surface area contributed by atoms with Gasteiger partial charge in [-0.25, -0.2) is 0 Å². The number of nitriles is 1. The highest BCUT2D eigenvalue weighted by Crippen LogP contribution is 2.08. The molecule has 0 aromatic rings. The van der Waals surface area contributed by atoms with Crippen LogP contribution < -0.4 is 5.32 Å². The molecule has 0 spiro atoms. The number of carbonyl (C=O) groups excluding carboxylic acids is 1.